The SMILES string of the molecule is C#CC12CC3CC(C1)CC(C14CC5CC(C1)CC(S(C)(C)C)(C5)C4)(C3)C2. The van der Waals surface area contributed by atoms with Crippen molar-refractivity contribution in [3.63, 3.8) is 0 Å². The molecule has 8 bridgehead atoms. The van der Waals surface area contributed by atoms with E-state index < -0.39 is 10.0 Å². The largest absolute Gasteiger partial charge is 0.244 e. The molecule has 0 aromatic carbocycles. The first-order valence-electron chi connectivity index (χ1n) is 11.4. The van der Waals surface area contributed by atoms with Crippen molar-refractivity contribution in [2.45, 2.75) is 81.8 Å². The van der Waals surface area contributed by atoms with Crippen molar-refractivity contribution in [1.82, 2.24) is 0 Å². The van der Waals surface area contributed by atoms with Gasteiger partial charge in [0.25, 0.3) is 0 Å². The first kappa shape index (κ1) is 16.8. The van der Waals surface area contributed by atoms with Gasteiger partial charge < -0.3 is 0 Å². The standard InChI is InChI=1S/C25H38S/c1-5-22-8-18-6-19(9-22)11-23(10-18,16-22)24-12-20-7-21(13-24)15-25(14-20,17-24)26(2,3)4/h1,18-21H,6-17H2,2-4H3. The number of terminal acetylenes is 1. The van der Waals surface area contributed by atoms with Gasteiger partial charge in [-0.3, -0.25) is 0 Å². The lowest BCUT2D eigenvalue weighted by molar-refractivity contribution is -0.206. The molecule has 8 rings (SSSR count). The van der Waals surface area contributed by atoms with E-state index in [0.29, 0.717) is 21.0 Å². The fourth-order valence-corrected chi connectivity index (χ4v) is 12.7. The van der Waals surface area contributed by atoms with E-state index in [-0.39, 0.29) is 0 Å². The first-order chi connectivity index (χ1) is 12.2. The molecule has 8 fully saturated rings. The van der Waals surface area contributed by atoms with E-state index in [0.717, 1.165) is 23.7 Å². The highest BCUT2D eigenvalue weighted by molar-refractivity contribution is 8.33. The molecule has 4 unspecified atom stereocenters. The molecule has 26 heavy (non-hydrogen) atoms. The maximum Gasteiger partial charge on any atom is 0.0322 e. The Bertz CT molecular complexity index is 660. The van der Waals surface area contributed by atoms with Crippen molar-refractivity contribution in [2.75, 3.05) is 18.8 Å². The molecule has 0 aliphatic heterocycles. The predicted molar refractivity (Wildman–Crippen MR) is 114 cm³/mol. The van der Waals surface area contributed by atoms with E-state index in [1.54, 1.807) is 51.4 Å². The maximum absolute atomic E-state index is 6.23. The van der Waals surface area contributed by atoms with E-state index in [9.17, 15) is 0 Å². The number of hydrogen-bond acceptors (Lipinski definition) is 0. The second-order valence-electron chi connectivity index (χ2n) is 12.9. The normalized spacial score (nSPS) is 60.2. The molecule has 0 aromatic heterocycles. The summed E-state index contributed by atoms with van der Waals surface area (Å²) in [5.74, 6) is 7.46. The molecule has 0 N–H and O–H groups in total. The minimum Gasteiger partial charge on any atom is -0.244 e. The van der Waals surface area contributed by atoms with Crippen molar-refractivity contribution >= 4 is 10.0 Å². The summed E-state index contributed by atoms with van der Waals surface area (Å²) in [6, 6.07) is 0. The van der Waals surface area contributed by atoms with Crippen molar-refractivity contribution in [2.24, 2.45) is 39.9 Å². The topological polar surface area (TPSA) is 0 Å². The lowest BCUT2D eigenvalue weighted by Gasteiger charge is -2.75. The van der Waals surface area contributed by atoms with Crippen LogP contribution in [0.2, 0.25) is 0 Å². The van der Waals surface area contributed by atoms with Crippen molar-refractivity contribution in [3.8, 4) is 12.3 Å². The smallest absolute Gasteiger partial charge is 0.0322 e. The molecule has 8 aliphatic rings. The van der Waals surface area contributed by atoms with Crippen LogP contribution in [-0.2, 0) is 0 Å². The van der Waals surface area contributed by atoms with E-state index in [1.807, 2.05) is 0 Å². The summed E-state index contributed by atoms with van der Waals surface area (Å²) in [6.07, 6.45) is 32.5. The molecule has 0 saturated heterocycles. The van der Waals surface area contributed by atoms with Crippen LogP contribution in [0.3, 0.4) is 0 Å². The molecule has 0 radical (unpaired) electrons. The lowest BCUT2D eigenvalue weighted by atomic mass is 9.33. The van der Waals surface area contributed by atoms with Crippen LogP contribution in [0.15, 0.2) is 0 Å². The van der Waals surface area contributed by atoms with Gasteiger partial charge in [0.1, 0.15) is 0 Å². The molecule has 4 atom stereocenters. The number of rotatable bonds is 2. The second kappa shape index (κ2) is 4.72. The Morgan fingerprint density at radius 2 is 1.15 bits per heavy atom. The van der Waals surface area contributed by atoms with E-state index in [2.05, 4.69) is 24.7 Å². The summed E-state index contributed by atoms with van der Waals surface area (Å²) in [6.45, 7) is 0. The van der Waals surface area contributed by atoms with Gasteiger partial charge in [0.05, 0.1) is 0 Å². The molecule has 1 heteroatoms. The Morgan fingerprint density at radius 1 is 0.692 bits per heavy atom. The van der Waals surface area contributed by atoms with Crippen LogP contribution in [0.25, 0.3) is 0 Å². The summed E-state index contributed by atoms with van der Waals surface area (Å²) in [5, 5.41) is 0. The van der Waals surface area contributed by atoms with Gasteiger partial charge in [-0.05, 0) is 130 Å². The van der Waals surface area contributed by atoms with Crippen molar-refractivity contribution in [3.05, 3.63) is 0 Å². The Morgan fingerprint density at radius 3 is 1.62 bits per heavy atom. The summed E-state index contributed by atoms with van der Waals surface area (Å²) in [4.78, 5) is 0. The second-order valence-corrected chi connectivity index (χ2v) is 17.5. The van der Waals surface area contributed by atoms with E-state index in [4.69, 9.17) is 6.42 Å². The summed E-state index contributed by atoms with van der Waals surface area (Å²) in [7, 11) is -0.492. The zero-order valence-electron chi connectivity index (χ0n) is 17.3. The van der Waals surface area contributed by atoms with Crippen LogP contribution in [0.4, 0.5) is 0 Å². The third-order valence-electron chi connectivity index (χ3n) is 10.8. The Hall–Kier alpha value is -0.0900. The Kier molecular flexibility index (Phi) is 3.06. The average Bonchev–Trinajstić information content (AvgIpc) is 2.51. The highest BCUT2D eigenvalue weighted by Gasteiger charge is 2.70. The molecular weight excluding hydrogens is 332 g/mol. The molecule has 0 nitrogen and oxygen atoms in total. The molecular formula is C25H38S. The molecule has 0 heterocycles. The Labute approximate surface area is 163 Å². The van der Waals surface area contributed by atoms with Crippen molar-refractivity contribution < 1.29 is 0 Å². The van der Waals surface area contributed by atoms with Gasteiger partial charge in [-0.2, -0.15) is 0 Å². The fraction of sp³-hybridized carbons (Fsp3) is 0.920. The highest BCUT2D eigenvalue weighted by atomic mass is 32.3. The van der Waals surface area contributed by atoms with Crippen molar-refractivity contribution in [1.29, 1.82) is 0 Å². The minimum absolute atomic E-state index is 0.301. The monoisotopic (exact) mass is 370 g/mol. The third-order valence-corrected chi connectivity index (χ3v) is 13.9. The molecule has 8 aliphatic carbocycles. The molecule has 0 spiro atoms. The molecule has 144 valence electrons. The van der Waals surface area contributed by atoms with E-state index in [1.165, 1.54) is 25.7 Å². The van der Waals surface area contributed by atoms with Crippen LogP contribution in [-0.4, -0.2) is 23.5 Å². The zero-order valence-corrected chi connectivity index (χ0v) is 18.1. The third kappa shape index (κ3) is 1.92. The van der Waals surface area contributed by atoms with Crippen LogP contribution in [0.5, 0.6) is 0 Å². The molecule has 0 aromatic rings. The van der Waals surface area contributed by atoms with E-state index >= 15 is 0 Å². The van der Waals surface area contributed by atoms with Gasteiger partial charge in [-0.1, -0.05) is 5.92 Å². The highest BCUT2D eigenvalue weighted by Crippen LogP contribution is 2.80. The van der Waals surface area contributed by atoms with Crippen LogP contribution < -0.4 is 0 Å². The van der Waals surface area contributed by atoms with Crippen LogP contribution >= 0.6 is 10.0 Å². The van der Waals surface area contributed by atoms with Gasteiger partial charge in [0.2, 0.25) is 0 Å². The van der Waals surface area contributed by atoms with Crippen LogP contribution in [0.1, 0.15) is 77.0 Å². The zero-order chi connectivity index (χ0) is 18.0. The summed E-state index contributed by atoms with van der Waals surface area (Å²) in [5.41, 5.74) is 1.61. The van der Waals surface area contributed by atoms with Gasteiger partial charge in [-0.25, -0.2) is 10.0 Å². The average molecular weight is 371 g/mol. The fourth-order valence-electron chi connectivity index (χ4n) is 10.6. The predicted octanol–water partition coefficient (Wildman–Crippen LogP) is 6.24. The molecule has 8 saturated carbocycles. The summed E-state index contributed by atoms with van der Waals surface area (Å²) >= 11 is 0. The van der Waals surface area contributed by atoms with Gasteiger partial charge >= 0.3 is 0 Å². The lowest BCUT2D eigenvalue weighted by Crippen LogP contribution is -2.66. The van der Waals surface area contributed by atoms with Crippen LogP contribution in [0, 0.1) is 52.3 Å². The quantitative estimate of drug-likeness (QED) is 0.505. The minimum atomic E-state index is -0.492. The van der Waals surface area contributed by atoms with Gasteiger partial charge in [-0.15, -0.1) is 6.42 Å². The Balaban J connectivity index is 1.46. The molecule has 0 amide bonds. The van der Waals surface area contributed by atoms with Gasteiger partial charge in [0.15, 0.2) is 0 Å². The van der Waals surface area contributed by atoms with Gasteiger partial charge in [0, 0.05) is 10.2 Å². The summed E-state index contributed by atoms with van der Waals surface area (Å²) < 4.78 is 0.712. The number of hydrogen-bond donors (Lipinski definition) is 0. The first-order valence-corrected chi connectivity index (χ1v) is 14.2. The maximum atomic E-state index is 6.23.